The fourth-order valence-electron chi connectivity index (χ4n) is 11.2. The third-order valence-electron chi connectivity index (χ3n) is 16.9. The maximum atomic E-state index is 12.6. The number of Topliss-reactive ketones (excluding diaryl/α,β-unsaturated/α-hetero) is 1. The topological polar surface area (TPSA) is 534 Å². The van der Waals surface area contributed by atoms with Crippen molar-refractivity contribution in [3.05, 3.63) is 214 Å². The number of nitrogen functional groups attached to an aromatic ring is 2. The summed E-state index contributed by atoms with van der Waals surface area (Å²) < 4.78 is 100. The van der Waals surface area contributed by atoms with Crippen molar-refractivity contribution in [2.45, 2.75) is 120 Å². The minimum absolute atomic E-state index is 0. The predicted octanol–water partition coefficient (Wildman–Crippen LogP) is 13.8. The van der Waals surface area contributed by atoms with E-state index < -0.39 is 51.4 Å². The van der Waals surface area contributed by atoms with E-state index in [2.05, 4.69) is 135 Å². The zero-order chi connectivity index (χ0) is 87.0. The van der Waals surface area contributed by atoms with Gasteiger partial charge < -0.3 is 51.9 Å². The third kappa shape index (κ3) is 27.8. The monoisotopic (exact) mass is 1990 g/mol. The number of benzene rings is 4. The van der Waals surface area contributed by atoms with Crippen LogP contribution >= 0.6 is 45.9 Å². The molecular formula is C78H86Cl2N26O10S6Y2-2. The average molecular weight is 1990 g/mol. The van der Waals surface area contributed by atoms with Crippen molar-refractivity contribution >= 4 is 198 Å². The van der Waals surface area contributed by atoms with Gasteiger partial charge >= 0.3 is 0 Å². The molecule has 1 saturated heterocycles. The molecule has 0 aliphatic carbocycles. The molecule has 0 saturated carbocycles. The Balaban J connectivity index is 0.000000202. The van der Waals surface area contributed by atoms with Crippen LogP contribution in [0.1, 0.15) is 94.4 Å². The molecule has 17 rings (SSSR count). The molecule has 124 heavy (non-hydrogen) atoms. The molecule has 0 spiro atoms. The van der Waals surface area contributed by atoms with Crippen LogP contribution in [-0.2, 0) is 133 Å². The first-order valence-corrected chi connectivity index (χ1v) is 45.5. The number of aromatic nitrogens is 19. The number of piperidine rings is 1. The van der Waals surface area contributed by atoms with Gasteiger partial charge in [0.1, 0.15) is 97.7 Å². The molecule has 46 heteroatoms. The fourth-order valence-corrected chi connectivity index (χ4v) is 18.2. The van der Waals surface area contributed by atoms with Crippen molar-refractivity contribution in [3.63, 3.8) is 0 Å². The number of hydrogen-bond donors (Lipinski definition) is 11. The Hall–Kier alpha value is -10.4. The number of nitrogens with two attached hydrogens (primary N) is 2. The van der Waals surface area contributed by atoms with Gasteiger partial charge in [-0.1, -0.05) is 94.3 Å². The summed E-state index contributed by atoms with van der Waals surface area (Å²) in [6, 6.07) is 29.9. The second kappa shape index (κ2) is 47.1. The fraction of sp³-hybridized carbons (Fsp3) is 0.231. The number of halogens is 2. The van der Waals surface area contributed by atoms with Crippen LogP contribution in [0, 0.1) is 26.2 Å². The summed E-state index contributed by atoms with van der Waals surface area (Å²) in [5.74, 6) is 0.696. The smallest absolute Gasteiger partial charge is 0.264 e. The van der Waals surface area contributed by atoms with E-state index >= 15 is 0 Å². The van der Waals surface area contributed by atoms with Crippen LogP contribution < -0.4 is 36.4 Å². The molecule has 2 radical (unpaired) electrons. The van der Waals surface area contributed by atoms with E-state index in [-0.39, 0.29) is 109 Å². The van der Waals surface area contributed by atoms with Gasteiger partial charge in [-0.05, 0) is 166 Å². The number of fused-ring (bicyclic) bond motifs is 5. The Labute approximate surface area is 783 Å². The van der Waals surface area contributed by atoms with Gasteiger partial charge in [-0.25, -0.2) is 78.3 Å². The summed E-state index contributed by atoms with van der Waals surface area (Å²) in [4.78, 5) is 80.3. The average Bonchev–Trinajstić information content (AvgIpc) is 1.61. The summed E-state index contributed by atoms with van der Waals surface area (Å²) in [6.07, 6.45) is 24.1. The number of sulfone groups is 2. The van der Waals surface area contributed by atoms with Crippen molar-refractivity contribution in [1.82, 2.24) is 99.9 Å². The molecule has 0 unspecified atom stereocenters. The van der Waals surface area contributed by atoms with Crippen LogP contribution in [-0.4, -0.2) is 159 Å². The Bertz CT molecular complexity index is 6660. The van der Waals surface area contributed by atoms with Crippen LogP contribution in [0.25, 0.3) is 55.2 Å². The summed E-state index contributed by atoms with van der Waals surface area (Å²) in [5, 5.41) is 29.8. The molecule has 646 valence electrons. The third-order valence-corrected chi connectivity index (χ3v) is 26.1. The largest absolute Gasteiger partial charge is 0.462 e. The minimum Gasteiger partial charge on any atom is -0.462 e. The van der Waals surface area contributed by atoms with Gasteiger partial charge in [0, 0.05) is 127 Å². The minimum atomic E-state index is -3.73. The van der Waals surface area contributed by atoms with E-state index in [0.29, 0.717) is 49.7 Å². The SMILES string of the molecule is C.CC.CC(=O)CS(=O)(=O)c1ccc(Nc2ncnc3[nH]ccc23)cc1.CC(=O)NS(=O)(=O)c1ccc(N)cc1.CCc1nnc(CS(=O)(=O)c2ccc(Nc3ncnc4[nH]ccc34)cc2)s1.CCc1nnc(NS(=O)(=O)c2ccc(N)cc2)s1.Cc1[c-][nH]c2ncnc(Cl)c12.Cc1[c-][nH]c2ncnc(N3CCCCC3)c12.Clc1ncnc2[nH]ccc12.[Y].[Y]. The van der Waals surface area contributed by atoms with E-state index in [1.807, 2.05) is 57.5 Å². The molecule has 1 amide bonds. The Kier molecular flexibility index (Phi) is 38.3. The number of aryl methyl sites for hydroxylation is 4. The van der Waals surface area contributed by atoms with Crippen LogP contribution in [0.15, 0.2) is 185 Å². The quantitative estimate of drug-likeness (QED) is 0.0216. The Morgan fingerprint density at radius 3 is 1.36 bits per heavy atom. The van der Waals surface area contributed by atoms with E-state index in [9.17, 15) is 43.3 Å². The Morgan fingerprint density at radius 1 is 0.484 bits per heavy atom. The van der Waals surface area contributed by atoms with E-state index in [4.69, 9.17) is 34.7 Å². The standard InChI is InChI=1S/C17H16N6O2S2.C15H14N4O3S.C12H15N4.C10H12N4O2S2.C8H10N2O3S.C7H5ClN3.C6H4ClN3.C2H6.CH4.2Y/c1-2-14-22-23-15(26-14)9-27(24,25)12-5-3-11(4-6-12)21-17-13-7-8-18-16(13)19-10-20-17;1-10(20)8-23(21,22)12-4-2-11(3-5-12)19-15-13-6-7-16-14(13)17-9-18-15;1-9-7-13-11-10(9)12(15-8-14-11)16-5-3-2-4-6-16;1-2-9-12-13-10(17-9)14-18(15,16)8-5-3-7(11)4-6-8;1-6(11)10-14(12,13)8-4-2-7(9)3-5-8;1-4-2-9-7-5(4)6(8)10-3-11-7;7-5-4-1-2-8-6(4)10-3-9-5;1-2;;;/h3-8,10H,2,9H2,1H3,(H2,18,19,20,21);2-7,9H,8H2,1H3,(H2,16,17,18,19);8H,2-6H2,1H3,(H,13,14,15);3-6H,2,11H2,1H3,(H,13,14);2-5H,9H2,1H3,(H,10,11);3H,1H3,(H,9,10,11);1-3H,(H,8,9,10);1-2H3;1H4;;/q;;-1;;;-1;;;;;. The molecule has 0 atom stereocenters. The predicted molar refractivity (Wildman–Crippen MR) is 476 cm³/mol. The summed E-state index contributed by atoms with van der Waals surface area (Å²) >= 11 is 14.1. The number of nitrogens with zero attached hydrogens (tertiary/aromatic N) is 15. The number of rotatable bonds is 18. The number of carbonyl (C=O) groups is 2. The molecule has 4 aromatic carbocycles. The zero-order valence-corrected chi connectivity index (χ0v) is 79.3. The normalized spacial score (nSPS) is 11.6. The van der Waals surface area contributed by atoms with E-state index in [0.717, 1.165) is 115 Å². The van der Waals surface area contributed by atoms with E-state index in [1.165, 1.54) is 135 Å². The van der Waals surface area contributed by atoms with Gasteiger partial charge in [-0.3, -0.25) is 24.3 Å². The van der Waals surface area contributed by atoms with Gasteiger partial charge in [0.05, 0.1) is 46.7 Å². The van der Waals surface area contributed by atoms with Gasteiger partial charge in [-0.15, -0.1) is 55.3 Å². The van der Waals surface area contributed by atoms with Crippen molar-refractivity contribution in [3.8, 4) is 0 Å². The number of amides is 1. The Morgan fingerprint density at radius 2 is 0.895 bits per heavy atom. The molecular weight excluding hydrogens is 1900 g/mol. The number of nitrogens with one attached hydrogen (secondary N) is 9. The molecule has 1 aliphatic heterocycles. The molecule has 1 aliphatic rings. The summed E-state index contributed by atoms with van der Waals surface area (Å²) in [6.45, 7) is 16.5. The van der Waals surface area contributed by atoms with Gasteiger partial charge in [0.15, 0.2) is 19.7 Å². The van der Waals surface area contributed by atoms with Gasteiger partial charge in [0.2, 0.25) is 11.0 Å². The molecule has 0 bridgehead atoms. The number of carbonyl (C=O) groups excluding carboxylic acids is 2. The van der Waals surface area contributed by atoms with Crippen LogP contribution in [0.4, 0.5) is 45.3 Å². The number of hydrogen-bond acceptors (Lipinski definition) is 31. The molecule has 16 aromatic rings. The molecule has 12 aromatic heterocycles. The van der Waals surface area contributed by atoms with Crippen LogP contribution in [0.5, 0.6) is 0 Å². The number of anilines is 8. The van der Waals surface area contributed by atoms with E-state index in [1.54, 1.807) is 61.3 Å². The summed E-state index contributed by atoms with van der Waals surface area (Å²) in [5.41, 5.74) is 19.2. The number of aromatic amines is 5. The maximum absolute atomic E-state index is 12.6. The summed E-state index contributed by atoms with van der Waals surface area (Å²) in [7, 11) is -14.4. The first-order valence-electron chi connectivity index (χ1n) is 36.9. The number of ketones is 1. The first kappa shape index (κ1) is 101. The van der Waals surface area contributed by atoms with Crippen LogP contribution in [0.3, 0.4) is 0 Å². The number of sulfonamides is 2. The van der Waals surface area contributed by atoms with Crippen LogP contribution in [0.2, 0.25) is 10.3 Å². The second-order valence-electron chi connectivity index (χ2n) is 25.7. The van der Waals surface area contributed by atoms with Gasteiger partial charge in [-0.2, -0.15) is 0 Å². The van der Waals surface area contributed by atoms with Crippen molar-refractivity contribution in [2.75, 3.05) is 50.6 Å². The maximum Gasteiger partial charge on any atom is 0.264 e. The second-order valence-corrected chi connectivity index (χ2v) is 35.9. The van der Waals surface area contributed by atoms with Crippen molar-refractivity contribution in [1.29, 1.82) is 0 Å². The molecule has 13 heterocycles. The molecule has 1 fully saturated rings. The number of H-pyrrole nitrogens is 5. The molecule has 13 N–H and O–H groups in total. The van der Waals surface area contributed by atoms with Crippen molar-refractivity contribution < 1.29 is 109 Å². The zero-order valence-electron chi connectivity index (χ0n) is 67.3. The molecule has 36 nitrogen and oxygen atoms in total. The first-order chi connectivity index (χ1) is 58.0. The van der Waals surface area contributed by atoms with Gasteiger partial charge in [0.25, 0.3) is 20.0 Å². The van der Waals surface area contributed by atoms with Crippen molar-refractivity contribution in [2.24, 2.45) is 0 Å².